The van der Waals surface area contributed by atoms with E-state index in [1.54, 1.807) is 0 Å². The molecule has 2 aliphatic heterocycles. The van der Waals surface area contributed by atoms with Gasteiger partial charge in [0, 0.05) is 26.3 Å². The molecule has 18 heavy (non-hydrogen) atoms. The van der Waals surface area contributed by atoms with Crippen molar-refractivity contribution in [2.75, 3.05) is 26.3 Å². The first kappa shape index (κ1) is 13.1. The van der Waals surface area contributed by atoms with Gasteiger partial charge >= 0.3 is 0 Å². The molecule has 3 fully saturated rings. The number of likely N-dealkylation sites (tertiary alicyclic amines) is 1. The van der Waals surface area contributed by atoms with Gasteiger partial charge in [0.25, 0.3) is 0 Å². The van der Waals surface area contributed by atoms with E-state index in [0.717, 1.165) is 45.1 Å². The molecule has 1 unspecified atom stereocenters. The Morgan fingerprint density at radius 2 is 1.94 bits per heavy atom. The van der Waals surface area contributed by atoms with Crippen LogP contribution in [0.15, 0.2) is 0 Å². The van der Waals surface area contributed by atoms with Gasteiger partial charge in [-0.05, 0) is 42.9 Å². The summed E-state index contributed by atoms with van der Waals surface area (Å²) in [4.78, 5) is 2.37. The van der Waals surface area contributed by atoms with Crippen molar-refractivity contribution in [2.45, 2.75) is 44.4 Å². The highest BCUT2D eigenvalue weighted by molar-refractivity contribution is 6.40. The molecule has 0 amide bonds. The summed E-state index contributed by atoms with van der Waals surface area (Å²) in [6.07, 6.45) is 6.10. The Hall–Kier alpha value is 0.0499. The molecule has 0 aromatic carbocycles. The molecule has 0 N–H and O–H groups in total. The van der Waals surface area contributed by atoms with Crippen LogP contribution in [-0.4, -0.2) is 52.2 Å². The van der Waals surface area contributed by atoms with Crippen molar-refractivity contribution < 1.29 is 4.74 Å². The molecule has 0 aromatic heterocycles. The van der Waals surface area contributed by atoms with Crippen molar-refractivity contribution in [3.8, 4) is 0 Å². The average Bonchev–Trinajstić information content (AvgIpc) is 2.85. The fraction of sp³-hybridized carbons (Fsp3) is 1.00. The van der Waals surface area contributed by atoms with Crippen molar-refractivity contribution in [3.63, 3.8) is 0 Å². The fourth-order valence-corrected chi connectivity index (χ4v) is 4.30. The Morgan fingerprint density at radius 3 is 2.61 bits per heavy atom. The van der Waals surface area contributed by atoms with Gasteiger partial charge in [0.2, 0.25) is 0 Å². The fourth-order valence-electron chi connectivity index (χ4n) is 4.30. The van der Waals surface area contributed by atoms with Gasteiger partial charge in [0.15, 0.2) is 0 Å². The number of hydrogen-bond donors (Lipinski definition) is 0. The molecule has 1 aliphatic carbocycles. The van der Waals surface area contributed by atoms with Crippen LogP contribution in [0.3, 0.4) is 0 Å². The van der Waals surface area contributed by atoms with Crippen LogP contribution in [0.2, 0.25) is 0 Å². The molecular formula is C14H23B2NO. The second-order valence-electron chi connectivity index (χ2n) is 6.90. The second kappa shape index (κ2) is 4.56. The average molecular weight is 243 g/mol. The summed E-state index contributed by atoms with van der Waals surface area (Å²) in [7, 11) is 13.0. The Balaban J connectivity index is 1.71. The van der Waals surface area contributed by atoms with Gasteiger partial charge in [-0.1, -0.05) is 18.7 Å². The molecule has 2 saturated heterocycles. The molecule has 0 spiro atoms. The third kappa shape index (κ3) is 2.06. The van der Waals surface area contributed by atoms with Crippen LogP contribution >= 0.6 is 0 Å². The molecule has 4 heteroatoms. The minimum absolute atomic E-state index is 0.383. The van der Waals surface area contributed by atoms with Gasteiger partial charge in [-0.25, -0.2) is 0 Å². The molecular weight excluding hydrogens is 220 g/mol. The predicted octanol–water partition coefficient (Wildman–Crippen LogP) is 1.53. The molecule has 1 saturated carbocycles. The molecule has 3 aliphatic rings. The quantitative estimate of drug-likeness (QED) is 0.682. The number of rotatable bonds is 2. The lowest BCUT2D eigenvalue weighted by atomic mass is 9.52. The first-order valence-electron chi connectivity index (χ1n) is 7.43. The number of hydrogen-bond acceptors (Lipinski definition) is 2. The maximum Gasteiger partial charge on any atom is 0.0828 e. The van der Waals surface area contributed by atoms with Gasteiger partial charge in [-0.3, -0.25) is 0 Å². The topological polar surface area (TPSA) is 12.5 Å². The minimum Gasteiger partial charge on any atom is -0.381 e. The van der Waals surface area contributed by atoms with Gasteiger partial charge < -0.3 is 9.64 Å². The van der Waals surface area contributed by atoms with Crippen LogP contribution in [0.1, 0.15) is 39.0 Å². The summed E-state index contributed by atoms with van der Waals surface area (Å²) < 4.78 is 5.42. The lowest BCUT2D eigenvalue weighted by molar-refractivity contribution is 0.0364. The highest BCUT2D eigenvalue weighted by Crippen LogP contribution is 2.50. The van der Waals surface area contributed by atoms with Gasteiger partial charge in [0.1, 0.15) is 0 Å². The third-order valence-corrected chi connectivity index (χ3v) is 5.70. The number of fused-ring (bicyclic) bond motifs is 1. The molecule has 2 heterocycles. The number of nitrogens with zero attached hydrogens (tertiary/aromatic N) is 1. The summed E-state index contributed by atoms with van der Waals surface area (Å²) in [5, 5.41) is -0.628. The van der Waals surface area contributed by atoms with Gasteiger partial charge in [-0.2, -0.15) is 0 Å². The zero-order valence-corrected chi connectivity index (χ0v) is 11.5. The largest absolute Gasteiger partial charge is 0.381 e. The van der Waals surface area contributed by atoms with Crippen LogP contribution in [0.5, 0.6) is 0 Å². The molecule has 0 bridgehead atoms. The second-order valence-corrected chi connectivity index (χ2v) is 6.90. The molecule has 96 valence electrons. The van der Waals surface area contributed by atoms with Crippen LogP contribution in [-0.2, 0) is 4.74 Å². The summed E-state index contributed by atoms with van der Waals surface area (Å²) in [5.41, 5.74) is 0.467. The van der Waals surface area contributed by atoms with E-state index in [1.807, 2.05) is 0 Å². The van der Waals surface area contributed by atoms with Crippen molar-refractivity contribution in [2.24, 2.45) is 17.3 Å². The number of ether oxygens (including phenoxy) is 1. The molecule has 3 rings (SSSR count). The van der Waals surface area contributed by atoms with Gasteiger partial charge in [0.05, 0.1) is 15.7 Å². The molecule has 4 radical (unpaired) electrons. The minimum atomic E-state index is -0.628. The van der Waals surface area contributed by atoms with E-state index in [9.17, 15) is 0 Å². The Labute approximate surface area is 114 Å². The molecule has 2 nitrogen and oxygen atoms in total. The van der Waals surface area contributed by atoms with Crippen molar-refractivity contribution >= 4 is 15.7 Å². The van der Waals surface area contributed by atoms with E-state index in [4.69, 9.17) is 20.4 Å². The summed E-state index contributed by atoms with van der Waals surface area (Å²) in [5.74, 6) is 1.19. The standard InChI is InChI=1S/C14H23B2NO/c1-13-6-2-3-12(13)9-17(10-13)14(15,16)11-4-7-18-8-5-11/h11-12H,2-10H2,1H3/t12?,13-/m1/s1. The van der Waals surface area contributed by atoms with E-state index >= 15 is 0 Å². The third-order valence-electron chi connectivity index (χ3n) is 5.70. The van der Waals surface area contributed by atoms with Crippen LogP contribution in [0.4, 0.5) is 0 Å². The van der Waals surface area contributed by atoms with E-state index in [0.29, 0.717) is 11.3 Å². The smallest absolute Gasteiger partial charge is 0.0828 e. The van der Waals surface area contributed by atoms with Crippen molar-refractivity contribution in [3.05, 3.63) is 0 Å². The van der Waals surface area contributed by atoms with Crippen molar-refractivity contribution in [1.82, 2.24) is 4.90 Å². The predicted molar refractivity (Wildman–Crippen MR) is 74.8 cm³/mol. The summed E-state index contributed by atoms with van der Waals surface area (Å²) >= 11 is 0. The maximum absolute atomic E-state index is 6.51. The summed E-state index contributed by atoms with van der Waals surface area (Å²) in [6, 6.07) is 0. The van der Waals surface area contributed by atoms with Gasteiger partial charge in [-0.15, -0.1) is 0 Å². The maximum atomic E-state index is 6.51. The zero-order valence-electron chi connectivity index (χ0n) is 11.5. The SMILES string of the molecule is [B]C([B])(C1CCOCC1)N1CC2CCC[C@]2(C)C1. The Kier molecular flexibility index (Phi) is 3.30. The summed E-state index contributed by atoms with van der Waals surface area (Å²) in [6.45, 7) is 6.23. The lowest BCUT2D eigenvalue weighted by Gasteiger charge is -2.46. The van der Waals surface area contributed by atoms with E-state index in [-0.39, 0.29) is 0 Å². The van der Waals surface area contributed by atoms with Crippen LogP contribution < -0.4 is 0 Å². The van der Waals surface area contributed by atoms with Crippen molar-refractivity contribution in [1.29, 1.82) is 0 Å². The first-order valence-corrected chi connectivity index (χ1v) is 7.43. The normalized spacial score (nSPS) is 39.1. The highest BCUT2D eigenvalue weighted by Gasteiger charge is 2.50. The monoisotopic (exact) mass is 243 g/mol. The lowest BCUT2D eigenvalue weighted by Crippen LogP contribution is -2.56. The Bertz CT molecular complexity index is 317. The molecule has 2 atom stereocenters. The van der Waals surface area contributed by atoms with E-state index < -0.39 is 5.34 Å². The first-order chi connectivity index (χ1) is 8.52. The highest BCUT2D eigenvalue weighted by atomic mass is 16.5. The van der Waals surface area contributed by atoms with E-state index in [1.165, 1.54) is 19.3 Å². The van der Waals surface area contributed by atoms with E-state index in [2.05, 4.69) is 11.8 Å². The zero-order chi connectivity index (χ0) is 12.8. The van der Waals surface area contributed by atoms with Crippen LogP contribution in [0, 0.1) is 17.3 Å². The molecule has 0 aromatic rings. The van der Waals surface area contributed by atoms with Crippen LogP contribution in [0.25, 0.3) is 0 Å². The Morgan fingerprint density at radius 1 is 1.22 bits per heavy atom.